The quantitative estimate of drug-likeness (QED) is 0.613. The lowest BCUT2D eigenvalue weighted by Gasteiger charge is -2.26. The number of hydrogen-bond donors (Lipinski definition) is 2. The van der Waals surface area contributed by atoms with Crippen LogP contribution in [0.5, 0.6) is 0 Å². The van der Waals surface area contributed by atoms with E-state index < -0.39 is 16.3 Å². The van der Waals surface area contributed by atoms with E-state index in [2.05, 4.69) is 5.32 Å². The van der Waals surface area contributed by atoms with Crippen molar-refractivity contribution in [1.29, 1.82) is 0 Å². The van der Waals surface area contributed by atoms with Gasteiger partial charge in [0, 0.05) is 24.3 Å². The molecule has 0 aliphatic heterocycles. The number of nitro benzene ring substituents is 1. The Morgan fingerprint density at radius 1 is 1.53 bits per heavy atom. The van der Waals surface area contributed by atoms with Crippen molar-refractivity contribution in [3.8, 4) is 0 Å². The summed E-state index contributed by atoms with van der Waals surface area (Å²) < 4.78 is 13.1. The van der Waals surface area contributed by atoms with Crippen LogP contribution in [0.3, 0.4) is 0 Å². The lowest BCUT2D eigenvalue weighted by molar-refractivity contribution is -0.384. The molecule has 17 heavy (non-hydrogen) atoms. The maximum atomic E-state index is 13.1. The van der Waals surface area contributed by atoms with E-state index >= 15 is 0 Å². The molecule has 0 heterocycles. The third-order valence-electron chi connectivity index (χ3n) is 2.37. The average Bonchev–Trinajstić information content (AvgIpc) is 2.15. The molecule has 2 N–H and O–H groups in total. The third kappa shape index (κ3) is 3.67. The molecule has 1 aromatic rings. The number of nitrogens with zero attached hydrogens (tertiary/aromatic N) is 1. The van der Waals surface area contributed by atoms with Crippen molar-refractivity contribution in [2.75, 3.05) is 11.9 Å². The fraction of sp³-hybridized carbons (Fsp3) is 0.455. The highest BCUT2D eigenvalue weighted by Gasteiger charge is 2.22. The molecule has 0 saturated carbocycles. The van der Waals surface area contributed by atoms with Crippen LogP contribution in [0.2, 0.25) is 0 Å². The van der Waals surface area contributed by atoms with E-state index in [1.807, 2.05) is 0 Å². The Hall–Kier alpha value is -1.69. The monoisotopic (exact) mass is 242 g/mol. The summed E-state index contributed by atoms with van der Waals surface area (Å²) in [4.78, 5) is 10.2. The highest BCUT2D eigenvalue weighted by molar-refractivity contribution is 5.62. The Labute approximate surface area is 98.4 Å². The van der Waals surface area contributed by atoms with Crippen molar-refractivity contribution >= 4 is 11.4 Å². The molecule has 0 aliphatic carbocycles. The lowest BCUT2D eigenvalue weighted by atomic mass is 10.0. The molecule has 0 radical (unpaired) electrons. The molecule has 94 valence electrons. The van der Waals surface area contributed by atoms with Gasteiger partial charge in [-0.3, -0.25) is 10.1 Å². The summed E-state index contributed by atoms with van der Waals surface area (Å²) in [6.07, 6.45) is 0.403. The van der Waals surface area contributed by atoms with Crippen LogP contribution in [-0.2, 0) is 0 Å². The molecule has 1 rings (SSSR count). The normalized spacial score (nSPS) is 11.3. The van der Waals surface area contributed by atoms with Crippen molar-refractivity contribution in [3.63, 3.8) is 0 Å². The molecule has 0 amide bonds. The van der Waals surface area contributed by atoms with E-state index in [0.29, 0.717) is 6.42 Å². The largest absolute Gasteiger partial charge is 0.396 e. The molecular formula is C11H15FN2O3. The highest BCUT2D eigenvalue weighted by atomic mass is 19.1. The van der Waals surface area contributed by atoms with Crippen LogP contribution >= 0.6 is 0 Å². The summed E-state index contributed by atoms with van der Waals surface area (Å²) in [5.74, 6) is -0.544. The van der Waals surface area contributed by atoms with Crippen molar-refractivity contribution in [3.05, 3.63) is 34.1 Å². The number of aliphatic hydroxyl groups excluding tert-OH is 1. The Balaban J connectivity index is 3.04. The van der Waals surface area contributed by atoms with Crippen molar-refractivity contribution in [1.82, 2.24) is 0 Å². The lowest BCUT2D eigenvalue weighted by Crippen LogP contribution is -2.32. The number of halogens is 1. The van der Waals surface area contributed by atoms with Gasteiger partial charge in [-0.1, -0.05) is 0 Å². The zero-order chi connectivity index (χ0) is 13.1. The summed E-state index contributed by atoms with van der Waals surface area (Å²) >= 11 is 0. The van der Waals surface area contributed by atoms with Crippen LogP contribution < -0.4 is 5.32 Å². The maximum absolute atomic E-state index is 13.1. The molecular weight excluding hydrogens is 227 g/mol. The molecule has 0 aliphatic rings. The molecule has 0 atom stereocenters. The summed E-state index contributed by atoms with van der Waals surface area (Å²) in [6, 6.07) is 3.24. The summed E-state index contributed by atoms with van der Waals surface area (Å²) in [7, 11) is 0. The molecule has 1 aromatic carbocycles. The van der Waals surface area contributed by atoms with Gasteiger partial charge in [0.25, 0.3) is 5.69 Å². The second kappa shape index (κ2) is 5.09. The Morgan fingerprint density at radius 2 is 2.18 bits per heavy atom. The van der Waals surface area contributed by atoms with Crippen LogP contribution in [-0.4, -0.2) is 22.2 Å². The van der Waals surface area contributed by atoms with Crippen LogP contribution in [0.15, 0.2) is 18.2 Å². The molecule has 0 fully saturated rings. The van der Waals surface area contributed by atoms with Crippen LogP contribution in [0.4, 0.5) is 15.8 Å². The van der Waals surface area contributed by atoms with Gasteiger partial charge in [0.1, 0.15) is 11.5 Å². The number of rotatable bonds is 5. The minimum atomic E-state index is -0.573. The number of aliphatic hydroxyl groups is 1. The Kier molecular flexibility index (Phi) is 4.01. The smallest absolute Gasteiger partial charge is 0.292 e. The van der Waals surface area contributed by atoms with E-state index in [4.69, 9.17) is 5.11 Å². The predicted molar refractivity (Wildman–Crippen MR) is 62.5 cm³/mol. The number of benzene rings is 1. The van der Waals surface area contributed by atoms with E-state index in [1.54, 1.807) is 13.8 Å². The zero-order valence-corrected chi connectivity index (χ0v) is 9.74. The number of nitro groups is 1. The van der Waals surface area contributed by atoms with Crippen molar-refractivity contribution < 1.29 is 14.4 Å². The number of hydrogen-bond acceptors (Lipinski definition) is 4. The molecule has 0 unspecified atom stereocenters. The highest BCUT2D eigenvalue weighted by Crippen LogP contribution is 2.28. The summed E-state index contributed by atoms with van der Waals surface area (Å²) in [6.45, 7) is 3.50. The second-order valence-electron chi connectivity index (χ2n) is 4.40. The molecule has 5 nitrogen and oxygen atoms in total. The number of nitrogens with one attached hydrogen (secondary N) is 1. The van der Waals surface area contributed by atoms with Gasteiger partial charge < -0.3 is 10.4 Å². The minimum Gasteiger partial charge on any atom is -0.396 e. The van der Waals surface area contributed by atoms with Gasteiger partial charge in [0.2, 0.25) is 0 Å². The fourth-order valence-corrected chi connectivity index (χ4v) is 1.47. The molecule has 0 spiro atoms. The molecule has 0 aromatic heterocycles. The van der Waals surface area contributed by atoms with E-state index in [-0.39, 0.29) is 18.0 Å². The van der Waals surface area contributed by atoms with Gasteiger partial charge in [-0.25, -0.2) is 4.39 Å². The topological polar surface area (TPSA) is 75.4 Å². The Morgan fingerprint density at radius 3 is 2.71 bits per heavy atom. The van der Waals surface area contributed by atoms with Crippen LogP contribution in [0.1, 0.15) is 20.3 Å². The van der Waals surface area contributed by atoms with Gasteiger partial charge in [-0.05, 0) is 26.3 Å². The standard InChI is InChI=1S/C11H15FN2O3/c1-11(2,5-6-15)13-9-7-8(12)3-4-10(9)14(16)17/h3-4,7,13,15H,5-6H2,1-2H3. The summed E-state index contributed by atoms with van der Waals surface area (Å²) in [5.41, 5.74) is -0.612. The SMILES string of the molecule is CC(C)(CCO)Nc1cc(F)ccc1[N+](=O)[O-]. The number of anilines is 1. The Bertz CT molecular complexity index is 421. The first-order valence-corrected chi connectivity index (χ1v) is 5.19. The van der Waals surface area contributed by atoms with Gasteiger partial charge in [-0.2, -0.15) is 0 Å². The van der Waals surface area contributed by atoms with Crippen molar-refractivity contribution in [2.45, 2.75) is 25.8 Å². The first-order valence-electron chi connectivity index (χ1n) is 5.19. The minimum absolute atomic E-state index is 0.0525. The average molecular weight is 242 g/mol. The van der Waals surface area contributed by atoms with Crippen LogP contribution in [0, 0.1) is 15.9 Å². The van der Waals surface area contributed by atoms with Gasteiger partial charge >= 0.3 is 0 Å². The van der Waals surface area contributed by atoms with Crippen LogP contribution in [0.25, 0.3) is 0 Å². The van der Waals surface area contributed by atoms with E-state index in [9.17, 15) is 14.5 Å². The predicted octanol–water partition coefficient (Wildman–Crippen LogP) is 2.31. The first-order chi connectivity index (χ1) is 7.85. The third-order valence-corrected chi connectivity index (χ3v) is 2.37. The van der Waals surface area contributed by atoms with Crippen molar-refractivity contribution in [2.24, 2.45) is 0 Å². The zero-order valence-electron chi connectivity index (χ0n) is 9.74. The maximum Gasteiger partial charge on any atom is 0.292 e. The van der Waals surface area contributed by atoms with E-state index in [1.165, 1.54) is 0 Å². The van der Waals surface area contributed by atoms with Gasteiger partial charge in [0.05, 0.1) is 4.92 Å². The summed E-state index contributed by atoms with van der Waals surface area (Å²) in [5, 5.41) is 22.5. The fourth-order valence-electron chi connectivity index (χ4n) is 1.47. The molecule has 0 bridgehead atoms. The first kappa shape index (κ1) is 13.4. The molecule has 0 saturated heterocycles. The van der Waals surface area contributed by atoms with E-state index in [0.717, 1.165) is 18.2 Å². The van der Waals surface area contributed by atoms with Gasteiger partial charge in [0.15, 0.2) is 0 Å². The molecule has 6 heteroatoms. The van der Waals surface area contributed by atoms with Gasteiger partial charge in [-0.15, -0.1) is 0 Å². The second-order valence-corrected chi connectivity index (χ2v) is 4.40.